The van der Waals surface area contributed by atoms with Crippen molar-refractivity contribution in [2.75, 3.05) is 18.4 Å². The van der Waals surface area contributed by atoms with Gasteiger partial charge in [-0.15, -0.1) is 0 Å². The van der Waals surface area contributed by atoms with Crippen LogP contribution < -0.4 is 5.32 Å². The molecule has 1 aromatic carbocycles. The number of aryl methyl sites for hydroxylation is 2. The maximum absolute atomic E-state index is 13.8. The fourth-order valence-corrected chi connectivity index (χ4v) is 4.49. The number of amides is 1. The van der Waals surface area contributed by atoms with Gasteiger partial charge in [-0.3, -0.25) is 9.48 Å². The van der Waals surface area contributed by atoms with Crippen molar-refractivity contribution in [3.63, 3.8) is 0 Å². The van der Waals surface area contributed by atoms with Gasteiger partial charge >= 0.3 is 6.18 Å². The van der Waals surface area contributed by atoms with Crippen molar-refractivity contribution in [2.24, 2.45) is 13.0 Å². The standard InChI is InChI=1S/C25H28F3N5O/c1-16-6-8-20(18-12-31-32(3)15-18)21(11-16)24(34)33-10-4-5-17(2)22(33)14-30-23-9-7-19(13-29-23)25(26,27)28/h6-9,11-13,15,17,22H,4-5,10,14H2,1-3H3,(H,29,30)/t17-,22+/m1/s1. The van der Waals surface area contributed by atoms with E-state index in [1.54, 1.807) is 10.9 Å². The SMILES string of the molecule is Cc1ccc(-c2cnn(C)c2)c(C(=O)N2CCC[C@@H](C)[C@@H]2CNc2ccc(C(F)(F)F)cn2)c1. The topological polar surface area (TPSA) is 63.1 Å². The number of hydrogen-bond donors (Lipinski definition) is 1. The second-order valence-corrected chi connectivity index (χ2v) is 8.95. The van der Waals surface area contributed by atoms with Crippen LogP contribution in [-0.2, 0) is 13.2 Å². The highest BCUT2D eigenvalue weighted by Gasteiger charge is 2.34. The average molecular weight is 472 g/mol. The molecule has 3 aromatic rings. The average Bonchev–Trinajstić information content (AvgIpc) is 3.23. The van der Waals surface area contributed by atoms with Crippen molar-refractivity contribution in [1.29, 1.82) is 0 Å². The fourth-order valence-electron chi connectivity index (χ4n) is 4.49. The molecule has 9 heteroatoms. The van der Waals surface area contributed by atoms with Gasteiger partial charge < -0.3 is 10.2 Å². The Kier molecular flexibility index (Phi) is 6.63. The molecule has 180 valence electrons. The first-order chi connectivity index (χ1) is 16.1. The number of nitrogens with one attached hydrogen (secondary N) is 1. The molecule has 4 rings (SSSR count). The van der Waals surface area contributed by atoms with Crippen LogP contribution in [0.25, 0.3) is 11.1 Å². The molecule has 1 fully saturated rings. The largest absolute Gasteiger partial charge is 0.417 e. The number of aromatic nitrogens is 3. The maximum Gasteiger partial charge on any atom is 0.417 e. The van der Waals surface area contributed by atoms with Gasteiger partial charge in [0.25, 0.3) is 5.91 Å². The summed E-state index contributed by atoms with van der Waals surface area (Å²) in [5, 5.41) is 7.38. The summed E-state index contributed by atoms with van der Waals surface area (Å²) in [5.41, 5.74) is 2.53. The fraction of sp³-hybridized carbons (Fsp3) is 0.400. The van der Waals surface area contributed by atoms with Crippen molar-refractivity contribution in [3.8, 4) is 11.1 Å². The molecule has 1 saturated heterocycles. The molecule has 1 aliphatic heterocycles. The second-order valence-electron chi connectivity index (χ2n) is 8.95. The van der Waals surface area contributed by atoms with Crippen LogP contribution in [-0.4, -0.2) is 44.7 Å². The minimum absolute atomic E-state index is 0.0544. The summed E-state index contributed by atoms with van der Waals surface area (Å²) < 4.78 is 40.2. The Morgan fingerprint density at radius 3 is 2.65 bits per heavy atom. The molecule has 34 heavy (non-hydrogen) atoms. The molecule has 2 aromatic heterocycles. The lowest BCUT2D eigenvalue weighted by atomic mass is 9.89. The molecular formula is C25H28F3N5O. The molecule has 6 nitrogen and oxygen atoms in total. The van der Waals surface area contributed by atoms with Crippen LogP contribution >= 0.6 is 0 Å². The van der Waals surface area contributed by atoms with Crippen LogP contribution in [0.15, 0.2) is 48.9 Å². The lowest BCUT2D eigenvalue weighted by Crippen LogP contribution is -2.51. The number of carbonyl (C=O) groups excluding carboxylic acids is 1. The van der Waals surface area contributed by atoms with E-state index >= 15 is 0 Å². The van der Waals surface area contributed by atoms with E-state index in [1.807, 2.05) is 43.3 Å². The van der Waals surface area contributed by atoms with E-state index in [2.05, 4.69) is 22.3 Å². The molecule has 2 atom stereocenters. The van der Waals surface area contributed by atoms with Crippen molar-refractivity contribution >= 4 is 11.7 Å². The van der Waals surface area contributed by atoms with Gasteiger partial charge in [-0.2, -0.15) is 18.3 Å². The van der Waals surface area contributed by atoms with Gasteiger partial charge in [0.1, 0.15) is 5.82 Å². The van der Waals surface area contributed by atoms with Crippen LogP contribution in [0.2, 0.25) is 0 Å². The van der Waals surface area contributed by atoms with Gasteiger partial charge in [0, 0.05) is 43.7 Å². The number of nitrogens with zero attached hydrogens (tertiary/aromatic N) is 4. The first kappa shape index (κ1) is 23.8. The molecule has 0 unspecified atom stereocenters. The Morgan fingerprint density at radius 2 is 2.00 bits per heavy atom. The molecular weight excluding hydrogens is 443 g/mol. The van der Waals surface area contributed by atoms with Crippen molar-refractivity contribution in [2.45, 2.75) is 38.9 Å². The normalized spacial score (nSPS) is 18.7. The monoisotopic (exact) mass is 471 g/mol. The van der Waals surface area contributed by atoms with Gasteiger partial charge in [-0.1, -0.05) is 24.6 Å². The van der Waals surface area contributed by atoms with Gasteiger partial charge in [0.15, 0.2) is 0 Å². The van der Waals surface area contributed by atoms with E-state index < -0.39 is 11.7 Å². The number of carbonyl (C=O) groups is 1. The number of halogens is 3. The summed E-state index contributed by atoms with van der Waals surface area (Å²) in [4.78, 5) is 19.6. The lowest BCUT2D eigenvalue weighted by Gasteiger charge is -2.40. The van der Waals surface area contributed by atoms with Gasteiger partial charge in [-0.05, 0) is 49.4 Å². The van der Waals surface area contributed by atoms with E-state index in [-0.39, 0.29) is 17.9 Å². The maximum atomic E-state index is 13.8. The van der Waals surface area contributed by atoms with Gasteiger partial charge in [0.05, 0.1) is 17.8 Å². The predicted molar refractivity (Wildman–Crippen MR) is 124 cm³/mol. The number of anilines is 1. The van der Waals surface area contributed by atoms with E-state index in [4.69, 9.17) is 0 Å². The van der Waals surface area contributed by atoms with E-state index in [0.29, 0.717) is 24.5 Å². The van der Waals surface area contributed by atoms with Crippen LogP contribution in [0.3, 0.4) is 0 Å². The summed E-state index contributed by atoms with van der Waals surface area (Å²) in [6.45, 7) is 5.08. The van der Waals surface area contributed by atoms with E-state index in [1.165, 1.54) is 6.07 Å². The van der Waals surface area contributed by atoms with E-state index in [9.17, 15) is 18.0 Å². The summed E-state index contributed by atoms with van der Waals surface area (Å²) in [6, 6.07) is 8.05. The third kappa shape index (κ3) is 5.08. The number of benzene rings is 1. The first-order valence-electron chi connectivity index (χ1n) is 11.3. The Morgan fingerprint density at radius 1 is 1.21 bits per heavy atom. The molecule has 0 aliphatic carbocycles. The zero-order valence-electron chi connectivity index (χ0n) is 19.4. The first-order valence-corrected chi connectivity index (χ1v) is 11.3. The van der Waals surface area contributed by atoms with Crippen LogP contribution in [0.5, 0.6) is 0 Å². The highest BCUT2D eigenvalue weighted by molar-refractivity contribution is 6.01. The molecule has 0 bridgehead atoms. The van der Waals surface area contributed by atoms with Crippen molar-refractivity contribution in [1.82, 2.24) is 19.7 Å². The molecule has 0 saturated carbocycles. The summed E-state index contributed by atoms with van der Waals surface area (Å²) >= 11 is 0. The zero-order chi connectivity index (χ0) is 24.5. The molecule has 1 amide bonds. The van der Waals surface area contributed by atoms with Crippen LogP contribution in [0.4, 0.5) is 19.0 Å². The highest BCUT2D eigenvalue weighted by Crippen LogP contribution is 2.31. The number of rotatable bonds is 5. The molecule has 0 spiro atoms. The summed E-state index contributed by atoms with van der Waals surface area (Å²) in [7, 11) is 1.84. The third-order valence-corrected chi connectivity index (χ3v) is 6.38. The molecule has 1 N–H and O–H groups in total. The Labute approximate surface area is 196 Å². The lowest BCUT2D eigenvalue weighted by molar-refractivity contribution is -0.137. The molecule has 1 aliphatic rings. The smallest absolute Gasteiger partial charge is 0.368 e. The number of piperidine rings is 1. The number of alkyl halides is 3. The van der Waals surface area contributed by atoms with E-state index in [0.717, 1.165) is 41.8 Å². The third-order valence-electron chi connectivity index (χ3n) is 6.38. The Hall–Kier alpha value is -3.36. The second kappa shape index (κ2) is 9.48. The molecule has 0 radical (unpaired) electrons. The van der Waals surface area contributed by atoms with Crippen molar-refractivity contribution < 1.29 is 18.0 Å². The number of hydrogen-bond acceptors (Lipinski definition) is 4. The predicted octanol–water partition coefficient (Wildman–Crippen LogP) is 5.16. The molecule has 3 heterocycles. The minimum atomic E-state index is -4.42. The Bertz CT molecular complexity index is 1160. The van der Waals surface area contributed by atoms with Gasteiger partial charge in [0.2, 0.25) is 0 Å². The Balaban J connectivity index is 1.57. The number of likely N-dealkylation sites (tertiary alicyclic amines) is 1. The van der Waals surface area contributed by atoms with Crippen LogP contribution in [0, 0.1) is 12.8 Å². The van der Waals surface area contributed by atoms with Gasteiger partial charge in [-0.25, -0.2) is 4.98 Å². The highest BCUT2D eigenvalue weighted by atomic mass is 19.4. The summed E-state index contributed by atoms with van der Waals surface area (Å²) in [5.74, 6) is 0.525. The summed E-state index contributed by atoms with van der Waals surface area (Å²) in [6.07, 6.45) is 1.90. The van der Waals surface area contributed by atoms with Crippen LogP contribution in [0.1, 0.15) is 41.3 Å². The quantitative estimate of drug-likeness (QED) is 0.558. The minimum Gasteiger partial charge on any atom is -0.368 e. The number of pyridine rings is 1. The zero-order valence-corrected chi connectivity index (χ0v) is 19.4. The van der Waals surface area contributed by atoms with Crippen molar-refractivity contribution in [3.05, 3.63) is 65.6 Å².